The first-order chi connectivity index (χ1) is 13.9. The molecule has 2 aliphatic heterocycles. The highest BCUT2D eigenvalue weighted by Gasteiger charge is 2.52. The molecule has 0 saturated carbocycles. The van der Waals surface area contributed by atoms with E-state index in [0.29, 0.717) is 6.42 Å². The molecule has 2 heterocycles. The number of carboxylic acids is 1. The van der Waals surface area contributed by atoms with E-state index < -0.39 is 66.6 Å². The number of aliphatic hydroxyl groups excluding tert-OH is 5. The van der Waals surface area contributed by atoms with Crippen molar-refractivity contribution in [3.63, 3.8) is 0 Å². The van der Waals surface area contributed by atoms with Gasteiger partial charge in [0.25, 0.3) is 0 Å². The van der Waals surface area contributed by atoms with Gasteiger partial charge in [-0.2, -0.15) is 0 Å². The molecule has 0 spiro atoms. The first kappa shape index (κ1) is 25.4. The SMILES string of the molecule is CC(C)C1C[C@@H](O)[C@H](OCC(C)(C)C2O[C@H](O)[C@@H](C(=O)O)[C@H](O)[C@H]2CO)[C@@H](CO)O1. The van der Waals surface area contributed by atoms with Crippen molar-refractivity contribution in [1.29, 1.82) is 0 Å². The monoisotopic (exact) mass is 436 g/mol. The van der Waals surface area contributed by atoms with Crippen molar-refractivity contribution in [2.24, 2.45) is 23.2 Å². The lowest BCUT2D eigenvalue weighted by molar-refractivity contribution is -0.283. The highest BCUT2D eigenvalue weighted by molar-refractivity contribution is 5.71. The van der Waals surface area contributed by atoms with Crippen molar-refractivity contribution in [3.8, 4) is 0 Å². The van der Waals surface area contributed by atoms with E-state index in [0.717, 1.165) is 0 Å². The first-order valence-electron chi connectivity index (χ1n) is 10.4. The molecule has 30 heavy (non-hydrogen) atoms. The summed E-state index contributed by atoms with van der Waals surface area (Å²) in [5.74, 6) is -3.79. The highest BCUT2D eigenvalue weighted by atomic mass is 16.6. The van der Waals surface area contributed by atoms with Gasteiger partial charge in [-0.1, -0.05) is 27.7 Å². The molecule has 10 heteroatoms. The zero-order valence-electron chi connectivity index (χ0n) is 17.9. The van der Waals surface area contributed by atoms with Crippen LogP contribution in [0.25, 0.3) is 0 Å². The molecule has 2 aliphatic rings. The summed E-state index contributed by atoms with van der Waals surface area (Å²) in [6.07, 6.45) is -6.38. The Labute approximate surface area is 176 Å². The molecular weight excluding hydrogens is 400 g/mol. The summed E-state index contributed by atoms with van der Waals surface area (Å²) >= 11 is 0. The first-order valence-corrected chi connectivity index (χ1v) is 10.4. The molecule has 0 aliphatic carbocycles. The van der Waals surface area contributed by atoms with E-state index in [2.05, 4.69) is 0 Å². The van der Waals surface area contributed by atoms with Gasteiger partial charge in [-0.15, -0.1) is 0 Å². The van der Waals surface area contributed by atoms with Gasteiger partial charge in [-0.25, -0.2) is 0 Å². The molecule has 2 fully saturated rings. The van der Waals surface area contributed by atoms with Gasteiger partial charge >= 0.3 is 5.97 Å². The third-order valence-electron chi connectivity index (χ3n) is 6.20. The summed E-state index contributed by atoms with van der Waals surface area (Å²) in [5.41, 5.74) is -0.881. The van der Waals surface area contributed by atoms with Crippen LogP contribution in [0.2, 0.25) is 0 Å². The van der Waals surface area contributed by atoms with Crippen LogP contribution < -0.4 is 0 Å². The van der Waals surface area contributed by atoms with Gasteiger partial charge < -0.3 is 44.8 Å². The van der Waals surface area contributed by atoms with E-state index in [1.54, 1.807) is 13.8 Å². The van der Waals surface area contributed by atoms with Gasteiger partial charge in [0.2, 0.25) is 0 Å². The molecule has 0 aromatic heterocycles. The molecule has 0 aromatic rings. The average Bonchev–Trinajstić information content (AvgIpc) is 2.65. The van der Waals surface area contributed by atoms with E-state index in [-0.39, 0.29) is 25.2 Å². The zero-order chi connectivity index (χ0) is 22.8. The second kappa shape index (κ2) is 10.2. The van der Waals surface area contributed by atoms with Gasteiger partial charge in [0, 0.05) is 17.8 Å². The number of rotatable bonds is 8. The summed E-state index contributed by atoms with van der Waals surface area (Å²) in [7, 11) is 0. The van der Waals surface area contributed by atoms with Crippen LogP contribution in [0.4, 0.5) is 0 Å². The molecule has 176 valence electrons. The maximum absolute atomic E-state index is 11.3. The van der Waals surface area contributed by atoms with Crippen LogP contribution in [-0.2, 0) is 19.0 Å². The molecule has 2 rings (SSSR count). The standard InChI is InChI=1S/C20H36O10/c1-9(2)12-5-11(23)16(13(7-22)29-12)28-8-20(3,4)17-10(6-21)15(24)14(18(25)26)19(27)30-17/h9-17,19,21-24,27H,5-8H2,1-4H3,(H,25,26)/t10-,11-,12?,13-,14-,15-,16+,17?,19+/m1/s1. The van der Waals surface area contributed by atoms with Crippen molar-refractivity contribution in [3.05, 3.63) is 0 Å². The van der Waals surface area contributed by atoms with Gasteiger partial charge in [0.05, 0.1) is 44.2 Å². The van der Waals surface area contributed by atoms with Crippen LogP contribution in [0.3, 0.4) is 0 Å². The predicted molar refractivity (Wildman–Crippen MR) is 103 cm³/mol. The Hall–Kier alpha value is -0.850. The molecule has 2 saturated heterocycles. The topological polar surface area (TPSA) is 166 Å². The smallest absolute Gasteiger partial charge is 0.314 e. The highest BCUT2D eigenvalue weighted by Crippen LogP contribution is 2.40. The maximum Gasteiger partial charge on any atom is 0.314 e. The van der Waals surface area contributed by atoms with Gasteiger partial charge in [0.15, 0.2) is 6.29 Å². The molecule has 9 atom stereocenters. The van der Waals surface area contributed by atoms with Crippen LogP contribution in [-0.4, -0.2) is 99.3 Å². The number of aliphatic carboxylic acids is 1. The lowest BCUT2D eigenvalue weighted by atomic mass is 9.73. The Balaban J connectivity index is 2.10. The van der Waals surface area contributed by atoms with E-state index in [1.807, 2.05) is 13.8 Å². The van der Waals surface area contributed by atoms with Crippen LogP contribution in [0.1, 0.15) is 34.1 Å². The quantitative estimate of drug-likeness (QED) is 0.276. The Kier molecular flexibility index (Phi) is 8.62. The molecule has 10 nitrogen and oxygen atoms in total. The minimum atomic E-state index is -1.75. The number of ether oxygens (including phenoxy) is 3. The number of carbonyl (C=O) groups is 1. The lowest BCUT2D eigenvalue weighted by Gasteiger charge is -2.48. The molecule has 2 unspecified atom stereocenters. The summed E-state index contributed by atoms with van der Waals surface area (Å²) in [6, 6.07) is 0. The van der Waals surface area contributed by atoms with Crippen molar-refractivity contribution < 1.29 is 49.6 Å². The summed E-state index contributed by atoms with van der Waals surface area (Å²) < 4.78 is 17.3. The third-order valence-corrected chi connectivity index (χ3v) is 6.20. The molecule has 0 aromatic carbocycles. The number of aliphatic hydroxyl groups is 5. The Morgan fingerprint density at radius 1 is 1.13 bits per heavy atom. The summed E-state index contributed by atoms with van der Waals surface area (Å²) in [6.45, 7) is 6.49. The molecule has 0 radical (unpaired) electrons. The van der Waals surface area contributed by atoms with Crippen molar-refractivity contribution in [2.75, 3.05) is 19.8 Å². The van der Waals surface area contributed by atoms with Crippen LogP contribution in [0, 0.1) is 23.2 Å². The van der Waals surface area contributed by atoms with Crippen molar-refractivity contribution in [1.82, 2.24) is 0 Å². The van der Waals surface area contributed by atoms with E-state index in [1.165, 1.54) is 0 Å². The van der Waals surface area contributed by atoms with Crippen molar-refractivity contribution in [2.45, 2.75) is 77.0 Å². The number of carboxylic acid groups (broad SMARTS) is 1. The fourth-order valence-electron chi connectivity index (χ4n) is 4.35. The lowest BCUT2D eigenvalue weighted by Crippen LogP contribution is -2.60. The molecule has 6 N–H and O–H groups in total. The van der Waals surface area contributed by atoms with Crippen LogP contribution >= 0.6 is 0 Å². The van der Waals surface area contributed by atoms with Gasteiger partial charge in [0.1, 0.15) is 18.1 Å². The molecule has 0 bridgehead atoms. The average molecular weight is 436 g/mol. The Bertz CT molecular complexity index is 568. The summed E-state index contributed by atoms with van der Waals surface area (Å²) in [4.78, 5) is 11.3. The van der Waals surface area contributed by atoms with Gasteiger partial charge in [-0.05, 0) is 5.92 Å². The fourth-order valence-corrected chi connectivity index (χ4v) is 4.35. The predicted octanol–water partition coefficient (Wildman–Crippen LogP) is -1.05. The molecule has 0 amide bonds. The number of hydrogen-bond donors (Lipinski definition) is 6. The third kappa shape index (κ3) is 5.31. The Morgan fingerprint density at radius 3 is 2.27 bits per heavy atom. The second-order valence-corrected chi connectivity index (χ2v) is 9.36. The minimum absolute atomic E-state index is 0.0146. The second-order valence-electron chi connectivity index (χ2n) is 9.36. The Morgan fingerprint density at radius 2 is 1.77 bits per heavy atom. The fraction of sp³-hybridized carbons (Fsp3) is 0.950. The summed E-state index contributed by atoms with van der Waals surface area (Å²) in [5, 5.41) is 59.7. The maximum atomic E-state index is 11.3. The largest absolute Gasteiger partial charge is 0.481 e. The van der Waals surface area contributed by atoms with Crippen molar-refractivity contribution >= 4 is 5.97 Å². The van der Waals surface area contributed by atoms with Crippen LogP contribution in [0.5, 0.6) is 0 Å². The van der Waals surface area contributed by atoms with Crippen LogP contribution in [0.15, 0.2) is 0 Å². The van der Waals surface area contributed by atoms with E-state index in [9.17, 15) is 35.4 Å². The van der Waals surface area contributed by atoms with Gasteiger partial charge in [-0.3, -0.25) is 4.79 Å². The number of hydrogen-bond acceptors (Lipinski definition) is 9. The van der Waals surface area contributed by atoms with E-state index >= 15 is 0 Å². The minimum Gasteiger partial charge on any atom is -0.481 e. The normalized spacial score (nSPS) is 40.5. The molecular formula is C20H36O10. The van der Waals surface area contributed by atoms with E-state index in [4.69, 9.17) is 14.2 Å². The zero-order valence-corrected chi connectivity index (χ0v) is 17.9.